The minimum atomic E-state index is -0.354. The van der Waals surface area contributed by atoms with Crippen molar-refractivity contribution < 1.29 is 9.53 Å². The predicted octanol–water partition coefficient (Wildman–Crippen LogP) is 4.30. The summed E-state index contributed by atoms with van der Waals surface area (Å²) >= 11 is 5.09. The Balaban J connectivity index is 1.75. The highest BCUT2D eigenvalue weighted by molar-refractivity contribution is 9.10. The van der Waals surface area contributed by atoms with E-state index in [1.807, 2.05) is 5.38 Å². The lowest BCUT2D eigenvalue weighted by molar-refractivity contribution is 0.0526. The predicted molar refractivity (Wildman–Crippen MR) is 97.3 cm³/mol. The van der Waals surface area contributed by atoms with Crippen LogP contribution in [0.1, 0.15) is 27.9 Å². The van der Waals surface area contributed by atoms with Crippen LogP contribution in [0.15, 0.2) is 40.4 Å². The lowest BCUT2D eigenvalue weighted by Gasteiger charge is -2.01. The van der Waals surface area contributed by atoms with Gasteiger partial charge in [0, 0.05) is 21.6 Å². The molecule has 0 amide bonds. The van der Waals surface area contributed by atoms with E-state index in [2.05, 4.69) is 51.1 Å². The van der Waals surface area contributed by atoms with Crippen molar-refractivity contribution in [3.63, 3.8) is 0 Å². The van der Waals surface area contributed by atoms with E-state index in [0.29, 0.717) is 18.7 Å². The number of aryl methyl sites for hydroxylation is 1. The average molecular weight is 406 g/mol. The van der Waals surface area contributed by atoms with E-state index in [0.717, 1.165) is 20.7 Å². The molecule has 0 aliphatic carbocycles. The topological polar surface area (TPSA) is 57.0 Å². The van der Waals surface area contributed by atoms with Crippen LogP contribution in [0, 0.1) is 6.92 Å². The number of thiazole rings is 1. The Labute approximate surface area is 152 Å². The number of aromatic nitrogens is 3. The fourth-order valence-electron chi connectivity index (χ4n) is 2.31. The zero-order valence-corrected chi connectivity index (χ0v) is 15.7. The number of carbonyl (C=O) groups is 1. The van der Waals surface area contributed by atoms with Gasteiger partial charge in [-0.05, 0) is 37.6 Å². The standard InChI is InChI=1S/C17H16BrN3O2S/c1-3-23-17(22)13-7-19-21(8-13)9-16-20-15(10-24-16)12-4-11(2)5-14(18)6-12/h4-8,10H,3,9H2,1-2H3. The fraction of sp³-hybridized carbons (Fsp3) is 0.235. The number of benzene rings is 1. The van der Waals surface area contributed by atoms with Gasteiger partial charge in [-0.1, -0.05) is 15.9 Å². The highest BCUT2D eigenvalue weighted by Gasteiger charge is 2.11. The molecule has 0 saturated heterocycles. The summed E-state index contributed by atoms with van der Waals surface area (Å²) in [6, 6.07) is 6.23. The van der Waals surface area contributed by atoms with E-state index < -0.39 is 0 Å². The highest BCUT2D eigenvalue weighted by Crippen LogP contribution is 2.26. The molecule has 0 N–H and O–H groups in total. The number of hydrogen-bond donors (Lipinski definition) is 0. The normalized spacial score (nSPS) is 10.8. The Morgan fingerprint density at radius 2 is 2.21 bits per heavy atom. The first-order valence-electron chi connectivity index (χ1n) is 7.46. The van der Waals surface area contributed by atoms with Gasteiger partial charge in [0.05, 0.1) is 30.6 Å². The van der Waals surface area contributed by atoms with Crippen LogP contribution in [0.4, 0.5) is 0 Å². The van der Waals surface area contributed by atoms with Crippen molar-refractivity contribution in [1.82, 2.24) is 14.8 Å². The van der Waals surface area contributed by atoms with E-state index in [1.165, 1.54) is 11.8 Å². The first kappa shape index (κ1) is 16.9. The first-order valence-corrected chi connectivity index (χ1v) is 9.14. The van der Waals surface area contributed by atoms with Gasteiger partial charge >= 0.3 is 5.97 Å². The second-order valence-corrected chi connectivity index (χ2v) is 7.15. The van der Waals surface area contributed by atoms with Gasteiger partial charge in [0.1, 0.15) is 5.01 Å². The third-order valence-corrected chi connectivity index (χ3v) is 4.62. The van der Waals surface area contributed by atoms with Crippen molar-refractivity contribution in [2.24, 2.45) is 0 Å². The third-order valence-electron chi connectivity index (χ3n) is 3.33. The molecule has 124 valence electrons. The van der Waals surface area contributed by atoms with E-state index in [-0.39, 0.29) is 5.97 Å². The quantitative estimate of drug-likeness (QED) is 0.593. The minimum absolute atomic E-state index is 0.353. The second kappa shape index (κ2) is 7.27. The molecule has 0 spiro atoms. The third kappa shape index (κ3) is 3.91. The van der Waals surface area contributed by atoms with Crippen LogP contribution < -0.4 is 0 Å². The molecule has 0 fully saturated rings. The summed E-state index contributed by atoms with van der Waals surface area (Å²) in [5.74, 6) is -0.354. The number of halogens is 1. The van der Waals surface area contributed by atoms with E-state index in [9.17, 15) is 4.79 Å². The zero-order valence-electron chi connectivity index (χ0n) is 13.3. The molecule has 0 atom stereocenters. The number of nitrogens with zero attached hydrogens (tertiary/aromatic N) is 3. The van der Waals surface area contributed by atoms with Crippen LogP contribution >= 0.6 is 27.3 Å². The van der Waals surface area contributed by atoms with Crippen molar-refractivity contribution in [2.45, 2.75) is 20.4 Å². The molecule has 5 nitrogen and oxygen atoms in total. The van der Waals surface area contributed by atoms with Gasteiger partial charge in [0.2, 0.25) is 0 Å². The second-order valence-electron chi connectivity index (χ2n) is 5.29. The van der Waals surface area contributed by atoms with Crippen LogP contribution in [0.3, 0.4) is 0 Å². The minimum Gasteiger partial charge on any atom is -0.462 e. The Morgan fingerprint density at radius 3 is 2.96 bits per heavy atom. The summed E-state index contributed by atoms with van der Waals surface area (Å²) in [5, 5.41) is 7.17. The number of hydrogen-bond acceptors (Lipinski definition) is 5. The maximum absolute atomic E-state index is 11.7. The van der Waals surface area contributed by atoms with Crippen LogP contribution in [0.2, 0.25) is 0 Å². The number of rotatable bonds is 5. The molecule has 2 heterocycles. The summed E-state index contributed by atoms with van der Waals surface area (Å²) in [6.45, 7) is 4.72. The van der Waals surface area contributed by atoms with Gasteiger partial charge in [-0.25, -0.2) is 9.78 Å². The van der Waals surface area contributed by atoms with E-state index in [4.69, 9.17) is 4.74 Å². The van der Waals surface area contributed by atoms with Crippen molar-refractivity contribution >= 4 is 33.2 Å². The van der Waals surface area contributed by atoms with Crippen LogP contribution in [-0.2, 0) is 11.3 Å². The maximum atomic E-state index is 11.7. The first-order chi connectivity index (χ1) is 11.5. The molecule has 0 bridgehead atoms. The van der Waals surface area contributed by atoms with Crippen molar-refractivity contribution in [3.05, 3.63) is 56.6 Å². The maximum Gasteiger partial charge on any atom is 0.341 e. The lowest BCUT2D eigenvalue weighted by Crippen LogP contribution is -2.04. The van der Waals surface area contributed by atoms with E-state index >= 15 is 0 Å². The van der Waals surface area contributed by atoms with Crippen molar-refractivity contribution in [2.75, 3.05) is 6.61 Å². The van der Waals surface area contributed by atoms with Gasteiger partial charge in [-0.2, -0.15) is 5.10 Å². The van der Waals surface area contributed by atoms with E-state index in [1.54, 1.807) is 29.1 Å². The highest BCUT2D eigenvalue weighted by atomic mass is 79.9. The molecule has 1 aromatic carbocycles. The molecule has 3 aromatic rings. The number of esters is 1. The van der Waals surface area contributed by atoms with Gasteiger partial charge in [0.25, 0.3) is 0 Å². The zero-order chi connectivity index (χ0) is 17.1. The van der Waals surface area contributed by atoms with Gasteiger partial charge < -0.3 is 4.74 Å². The lowest BCUT2D eigenvalue weighted by atomic mass is 10.1. The molecule has 0 aliphatic rings. The van der Waals surface area contributed by atoms with Crippen LogP contribution in [0.5, 0.6) is 0 Å². The van der Waals surface area contributed by atoms with Crippen molar-refractivity contribution in [1.29, 1.82) is 0 Å². The molecular formula is C17H16BrN3O2S. The summed E-state index contributed by atoms with van der Waals surface area (Å²) in [6.07, 6.45) is 3.20. The summed E-state index contributed by atoms with van der Waals surface area (Å²) in [5.41, 5.74) is 3.66. The van der Waals surface area contributed by atoms with Crippen LogP contribution in [0.25, 0.3) is 11.3 Å². The molecule has 0 unspecified atom stereocenters. The molecule has 2 aromatic heterocycles. The van der Waals surface area contributed by atoms with Crippen LogP contribution in [-0.4, -0.2) is 27.3 Å². The molecule has 0 aliphatic heterocycles. The molecule has 0 radical (unpaired) electrons. The molecule has 24 heavy (non-hydrogen) atoms. The summed E-state index contributed by atoms with van der Waals surface area (Å²) < 4.78 is 7.70. The molecule has 0 saturated carbocycles. The molecule has 3 rings (SSSR count). The monoisotopic (exact) mass is 405 g/mol. The molecular weight excluding hydrogens is 390 g/mol. The number of carbonyl (C=O) groups excluding carboxylic acids is 1. The van der Waals surface area contributed by atoms with Gasteiger partial charge in [-0.15, -0.1) is 11.3 Å². The SMILES string of the molecule is CCOC(=O)c1cnn(Cc2nc(-c3cc(C)cc(Br)c3)cs2)c1. The fourth-order valence-corrected chi connectivity index (χ4v) is 3.71. The van der Waals surface area contributed by atoms with Crippen molar-refractivity contribution in [3.8, 4) is 11.3 Å². The Morgan fingerprint density at radius 1 is 1.38 bits per heavy atom. The van der Waals surface area contributed by atoms with Gasteiger partial charge in [-0.3, -0.25) is 4.68 Å². The molecule has 7 heteroatoms. The van der Waals surface area contributed by atoms with Gasteiger partial charge in [0.15, 0.2) is 0 Å². The Kier molecular flexibility index (Phi) is 5.11. The Bertz CT molecular complexity index is 852. The number of ether oxygens (including phenoxy) is 1. The average Bonchev–Trinajstić information content (AvgIpc) is 3.16. The summed E-state index contributed by atoms with van der Waals surface area (Å²) in [4.78, 5) is 16.3. The largest absolute Gasteiger partial charge is 0.462 e. The summed E-state index contributed by atoms with van der Waals surface area (Å²) in [7, 11) is 0. The Hall–Kier alpha value is -1.99. The smallest absolute Gasteiger partial charge is 0.341 e.